The molecule has 1 aromatic heterocycles. The highest BCUT2D eigenvalue weighted by Gasteiger charge is 2.20. The molecular weight excluding hydrogens is 468 g/mol. The summed E-state index contributed by atoms with van der Waals surface area (Å²) in [5.74, 6) is -0.585. The second-order valence-corrected chi connectivity index (χ2v) is 9.92. The van der Waals surface area contributed by atoms with Crippen LogP contribution < -0.4 is 10.0 Å². The van der Waals surface area contributed by atoms with Crippen LogP contribution in [0.25, 0.3) is 10.6 Å². The Hall–Kier alpha value is -3.27. The molecule has 0 saturated carbocycles. The van der Waals surface area contributed by atoms with Gasteiger partial charge in [-0.05, 0) is 42.8 Å². The number of nitrogens with zero attached hydrogens (tertiary/aromatic N) is 2. The van der Waals surface area contributed by atoms with Crippen molar-refractivity contribution >= 4 is 49.7 Å². The summed E-state index contributed by atoms with van der Waals surface area (Å²) < 4.78 is 28.1. The van der Waals surface area contributed by atoms with Gasteiger partial charge < -0.3 is 0 Å². The summed E-state index contributed by atoms with van der Waals surface area (Å²) in [6.45, 7) is 1.86. The van der Waals surface area contributed by atoms with E-state index in [1.165, 1.54) is 29.5 Å². The van der Waals surface area contributed by atoms with Crippen LogP contribution in [0.1, 0.15) is 15.9 Å². The Kier molecular flexibility index (Phi) is 6.22. The third-order valence-corrected chi connectivity index (χ3v) is 7.03. The number of aromatic nitrogens is 2. The monoisotopic (exact) mass is 484 g/mol. The molecule has 0 fully saturated rings. The van der Waals surface area contributed by atoms with E-state index >= 15 is 0 Å². The lowest BCUT2D eigenvalue weighted by Crippen LogP contribution is -2.16. The third-order valence-electron chi connectivity index (χ3n) is 4.43. The van der Waals surface area contributed by atoms with Gasteiger partial charge in [-0.1, -0.05) is 65.4 Å². The number of hydrogen-bond donors (Lipinski definition) is 2. The number of aryl methyl sites for hydroxylation is 1. The van der Waals surface area contributed by atoms with E-state index in [9.17, 15) is 13.2 Å². The minimum atomic E-state index is -3.92. The molecule has 7 nitrogen and oxygen atoms in total. The van der Waals surface area contributed by atoms with E-state index in [1.807, 2.05) is 43.3 Å². The van der Waals surface area contributed by atoms with Crippen LogP contribution in [0.3, 0.4) is 0 Å². The molecule has 0 aliphatic rings. The molecule has 10 heteroatoms. The van der Waals surface area contributed by atoms with Crippen LogP contribution >= 0.6 is 22.9 Å². The van der Waals surface area contributed by atoms with Crippen LogP contribution in [0, 0.1) is 6.92 Å². The maximum absolute atomic E-state index is 12.8. The first-order valence-corrected chi connectivity index (χ1v) is 12.1. The zero-order valence-corrected chi connectivity index (χ0v) is 19.1. The van der Waals surface area contributed by atoms with Crippen LogP contribution in [0.5, 0.6) is 0 Å². The molecule has 32 heavy (non-hydrogen) atoms. The lowest BCUT2D eigenvalue weighted by molar-refractivity contribution is 0.102. The molecule has 0 saturated heterocycles. The van der Waals surface area contributed by atoms with Gasteiger partial charge in [-0.2, -0.15) is 0 Å². The Morgan fingerprint density at radius 3 is 2.50 bits per heavy atom. The fourth-order valence-corrected chi connectivity index (χ4v) is 4.93. The fourth-order valence-electron chi connectivity index (χ4n) is 2.90. The molecule has 3 aromatic carbocycles. The number of anilines is 2. The van der Waals surface area contributed by atoms with Crippen LogP contribution in [-0.2, 0) is 10.0 Å². The predicted octanol–water partition coefficient (Wildman–Crippen LogP) is 5.22. The average Bonchev–Trinajstić information content (AvgIpc) is 3.22. The highest BCUT2D eigenvalue weighted by atomic mass is 35.5. The summed E-state index contributed by atoms with van der Waals surface area (Å²) in [7, 11) is -3.92. The molecule has 162 valence electrons. The van der Waals surface area contributed by atoms with Crippen LogP contribution in [-0.4, -0.2) is 24.5 Å². The van der Waals surface area contributed by atoms with Gasteiger partial charge in [-0.3, -0.25) is 14.8 Å². The molecule has 1 amide bonds. The zero-order valence-electron chi connectivity index (χ0n) is 16.7. The summed E-state index contributed by atoms with van der Waals surface area (Å²) in [5.41, 5.74) is 2.22. The number of sulfonamides is 1. The summed E-state index contributed by atoms with van der Waals surface area (Å²) in [4.78, 5) is 12.7. The molecule has 0 radical (unpaired) electrons. The fraction of sp³-hybridized carbons (Fsp3) is 0.0455. The normalized spacial score (nSPS) is 11.2. The van der Waals surface area contributed by atoms with E-state index in [0.29, 0.717) is 10.7 Å². The zero-order chi connectivity index (χ0) is 22.7. The number of carbonyl (C=O) groups excluding carboxylic acids is 1. The number of hydrogen-bond acceptors (Lipinski definition) is 6. The molecule has 0 atom stereocenters. The molecule has 4 aromatic rings. The van der Waals surface area contributed by atoms with Gasteiger partial charge in [0.05, 0.1) is 15.5 Å². The number of rotatable bonds is 6. The third kappa shape index (κ3) is 4.96. The summed E-state index contributed by atoms with van der Waals surface area (Å²) >= 11 is 7.38. The highest BCUT2D eigenvalue weighted by molar-refractivity contribution is 7.92. The largest absolute Gasteiger partial charge is 0.296 e. The van der Waals surface area contributed by atoms with Gasteiger partial charge in [-0.15, -0.1) is 10.2 Å². The van der Waals surface area contributed by atoms with Crippen molar-refractivity contribution in [1.29, 1.82) is 0 Å². The summed E-state index contributed by atoms with van der Waals surface area (Å²) in [6, 6.07) is 20.3. The van der Waals surface area contributed by atoms with Crippen molar-refractivity contribution in [1.82, 2.24) is 10.2 Å². The van der Waals surface area contributed by atoms with E-state index in [2.05, 4.69) is 20.2 Å². The van der Waals surface area contributed by atoms with Crippen molar-refractivity contribution in [3.8, 4) is 10.6 Å². The number of carbonyl (C=O) groups is 1. The maximum Gasteiger partial charge on any atom is 0.261 e. The molecule has 0 bridgehead atoms. The number of benzene rings is 3. The molecule has 0 spiro atoms. The van der Waals surface area contributed by atoms with Crippen molar-refractivity contribution in [3.63, 3.8) is 0 Å². The van der Waals surface area contributed by atoms with Gasteiger partial charge in [0.15, 0.2) is 0 Å². The number of amides is 1. The van der Waals surface area contributed by atoms with Gasteiger partial charge in [0.25, 0.3) is 15.9 Å². The Bertz CT molecular complexity index is 1390. The molecule has 2 N–H and O–H groups in total. The molecule has 0 aliphatic carbocycles. The quantitative estimate of drug-likeness (QED) is 0.390. The Balaban J connectivity index is 1.56. The second kappa shape index (κ2) is 9.07. The van der Waals surface area contributed by atoms with E-state index in [4.69, 9.17) is 11.6 Å². The first kappa shape index (κ1) is 21.9. The SMILES string of the molecule is Cc1cccc(NS(=O)(=O)c2ccc(Cl)c(C(=O)Nc3nnc(-c4ccccc4)s3)c2)c1. The van der Waals surface area contributed by atoms with E-state index < -0.39 is 15.9 Å². The lowest BCUT2D eigenvalue weighted by atomic mass is 10.2. The van der Waals surface area contributed by atoms with Crippen LogP contribution in [0.2, 0.25) is 5.02 Å². The number of nitrogens with one attached hydrogen (secondary N) is 2. The average molecular weight is 485 g/mol. The molecule has 1 heterocycles. The van der Waals surface area contributed by atoms with Gasteiger partial charge >= 0.3 is 0 Å². The van der Waals surface area contributed by atoms with E-state index in [0.717, 1.165) is 11.1 Å². The Morgan fingerprint density at radius 2 is 1.75 bits per heavy atom. The standard InChI is InChI=1S/C22H17ClN4O3S2/c1-14-6-5-9-16(12-14)27-32(29,30)17-10-11-19(23)18(13-17)20(28)24-22-26-25-21(31-22)15-7-3-2-4-8-15/h2-13,27H,1H3,(H,24,26,28). The topological polar surface area (TPSA) is 101 Å². The van der Waals surface area contributed by atoms with Crippen LogP contribution in [0.15, 0.2) is 77.7 Å². The number of halogens is 1. The Labute approximate surface area is 194 Å². The van der Waals surface area contributed by atoms with Gasteiger partial charge in [-0.25, -0.2) is 8.42 Å². The second-order valence-electron chi connectivity index (χ2n) is 6.85. The molecule has 0 aliphatic heterocycles. The van der Waals surface area contributed by atoms with Crippen molar-refractivity contribution in [3.05, 3.63) is 88.9 Å². The minimum absolute atomic E-state index is 0.00949. The molecule has 4 rings (SSSR count). The lowest BCUT2D eigenvalue weighted by Gasteiger charge is -2.11. The van der Waals surface area contributed by atoms with Crippen molar-refractivity contribution in [2.45, 2.75) is 11.8 Å². The summed E-state index contributed by atoms with van der Waals surface area (Å²) in [5, 5.41) is 11.7. The van der Waals surface area contributed by atoms with Gasteiger partial charge in [0.1, 0.15) is 5.01 Å². The maximum atomic E-state index is 12.8. The van der Waals surface area contributed by atoms with E-state index in [1.54, 1.807) is 18.2 Å². The minimum Gasteiger partial charge on any atom is -0.296 e. The van der Waals surface area contributed by atoms with Crippen molar-refractivity contribution in [2.24, 2.45) is 0 Å². The van der Waals surface area contributed by atoms with Crippen LogP contribution in [0.4, 0.5) is 10.8 Å². The molecule has 0 unspecified atom stereocenters. The van der Waals surface area contributed by atoms with Gasteiger partial charge in [0.2, 0.25) is 5.13 Å². The smallest absolute Gasteiger partial charge is 0.261 e. The van der Waals surface area contributed by atoms with E-state index in [-0.39, 0.29) is 20.6 Å². The predicted molar refractivity (Wildman–Crippen MR) is 127 cm³/mol. The first-order valence-electron chi connectivity index (χ1n) is 9.41. The van der Waals surface area contributed by atoms with Crippen molar-refractivity contribution < 1.29 is 13.2 Å². The first-order chi connectivity index (χ1) is 15.3. The Morgan fingerprint density at radius 1 is 0.969 bits per heavy atom. The highest BCUT2D eigenvalue weighted by Crippen LogP contribution is 2.28. The molecular formula is C22H17ClN4O3S2. The van der Waals surface area contributed by atoms with Gasteiger partial charge in [0, 0.05) is 11.3 Å². The summed E-state index contributed by atoms with van der Waals surface area (Å²) in [6.07, 6.45) is 0. The van der Waals surface area contributed by atoms with Crippen molar-refractivity contribution in [2.75, 3.05) is 10.0 Å².